The summed E-state index contributed by atoms with van der Waals surface area (Å²) in [5.74, 6) is -1.57. The molecule has 0 radical (unpaired) electrons. The van der Waals surface area contributed by atoms with Crippen molar-refractivity contribution in [3.63, 3.8) is 0 Å². The Balaban J connectivity index is 1.49. The van der Waals surface area contributed by atoms with Gasteiger partial charge in [-0.05, 0) is 24.3 Å². The van der Waals surface area contributed by atoms with E-state index >= 15 is 0 Å². The Labute approximate surface area is 143 Å². The van der Waals surface area contributed by atoms with Crippen molar-refractivity contribution in [2.24, 2.45) is 0 Å². The Bertz CT molecular complexity index is 757. The number of nitrogens with zero attached hydrogens (tertiary/aromatic N) is 1. The van der Waals surface area contributed by atoms with Gasteiger partial charge in [0.25, 0.3) is 11.8 Å². The molecule has 1 aliphatic rings. The summed E-state index contributed by atoms with van der Waals surface area (Å²) in [5, 5.41) is 2.38. The highest BCUT2D eigenvalue weighted by Gasteiger charge is 2.27. The van der Waals surface area contributed by atoms with E-state index in [0.29, 0.717) is 31.9 Å². The van der Waals surface area contributed by atoms with Crippen LogP contribution in [-0.2, 0) is 4.79 Å². The third kappa shape index (κ3) is 4.21. The lowest BCUT2D eigenvalue weighted by Crippen LogP contribution is -3.15. The summed E-state index contributed by atoms with van der Waals surface area (Å²) < 4.78 is 31.8. The maximum absolute atomic E-state index is 13.5. The quantitative estimate of drug-likeness (QED) is 0.846. The van der Waals surface area contributed by atoms with Crippen LogP contribution in [0, 0.1) is 11.6 Å². The zero-order valence-electron chi connectivity index (χ0n) is 13.4. The van der Waals surface area contributed by atoms with Crippen LogP contribution in [0.25, 0.3) is 0 Å². The first-order valence-corrected chi connectivity index (χ1v) is 7.94. The van der Waals surface area contributed by atoms with E-state index in [1.54, 1.807) is 17.0 Å². The van der Waals surface area contributed by atoms with Gasteiger partial charge in [0.15, 0.2) is 12.3 Å². The van der Waals surface area contributed by atoms with Crippen LogP contribution in [-0.4, -0.2) is 49.4 Å². The molecule has 0 bridgehead atoms. The monoisotopic (exact) mass is 350 g/mol. The molecule has 25 heavy (non-hydrogen) atoms. The smallest absolute Gasteiger partial charge is 0.289 e. The molecule has 1 saturated heterocycles. The predicted octanol–water partition coefficient (Wildman–Crippen LogP) is 0.537. The second kappa shape index (κ2) is 7.43. The summed E-state index contributed by atoms with van der Waals surface area (Å²) in [7, 11) is 0. The van der Waals surface area contributed by atoms with Gasteiger partial charge in [-0.2, -0.15) is 0 Å². The molecule has 0 saturated carbocycles. The van der Waals surface area contributed by atoms with E-state index in [4.69, 9.17) is 4.42 Å². The summed E-state index contributed by atoms with van der Waals surface area (Å²) in [4.78, 5) is 26.8. The maximum atomic E-state index is 13.5. The molecular formula is C17H18F2N3O3+. The van der Waals surface area contributed by atoms with Crippen LogP contribution in [0.4, 0.5) is 14.5 Å². The molecule has 1 aromatic carbocycles. The molecule has 8 heteroatoms. The minimum atomic E-state index is -0.682. The number of amides is 2. The Kier molecular flexibility index (Phi) is 5.08. The van der Waals surface area contributed by atoms with Crippen LogP contribution in [0.5, 0.6) is 0 Å². The van der Waals surface area contributed by atoms with Crippen LogP contribution in [0.15, 0.2) is 41.0 Å². The van der Waals surface area contributed by atoms with Gasteiger partial charge in [-0.3, -0.25) is 9.59 Å². The molecule has 0 atom stereocenters. The Morgan fingerprint density at radius 2 is 1.96 bits per heavy atom. The zero-order valence-corrected chi connectivity index (χ0v) is 13.4. The number of rotatable bonds is 4. The average Bonchev–Trinajstić information content (AvgIpc) is 3.13. The van der Waals surface area contributed by atoms with E-state index in [1.807, 2.05) is 0 Å². The van der Waals surface area contributed by atoms with Gasteiger partial charge in [-0.15, -0.1) is 0 Å². The molecular weight excluding hydrogens is 332 g/mol. The van der Waals surface area contributed by atoms with E-state index < -0.39 is 17.5 Å². The largest absolute Gasteiger partial charge is 0.459 e. The van der Waals surface area contributed by atoms with Crippen molar-refractivity contribution in [1.82, 2.24) is 4.90 Å². The number of carbonyl (C=O) groups is 2. The Morgan fingerprint density at radius 3 is 2.64 bits per heavy atom. The molecule has 2 amide bonds. The fraction of sp³-hybridized carbons (Fsp3) is 0.294. The van der Waals surface area contributed by atoms with Crippen molar-refractivity contribution < 1.29 is 27.7 Å². The number of halogens is 2. The van der Waals surface area contributed by atoms with Gasteiger partial charge in [-0.1, -0.05) is 0 Å². The molecule has 132 valence electrons. The fourth-order valence-electron chi connectivity index (χ4n) is 2.77. The van der Waals surface area contributed by atoms with Crippen LogP contribution < -0.4 is 10.2 Å². The second-order valence-corrected chi connectivity index (χ2v) is 5.87. The van der Waals surface area contributed by atoms with E-state index in [-0.39, 0.29) is 18.1 Å². The van der Waals surface area contributed by atoms with Crippen LogP contribution in [0.3, 0.4) is 0 Å². The molecule has 2 N–H and O–H groups in total. The molecule has 0 unspecified atom stereocenters. The van der Waals surface area contributed by atoms with E-state index in [0.717, 1.165) is 23.1 Å². The number of hydrogen-bond acceptors (Lipinski definition) is 3. The van der Waals surface area contributed by atoms with E-state index in [9.17, 15) is 18.4 Å². The number of benzene rings is 1. The molecule has 6 nitrogen and oxygen atoms in total. The molecule has 2 aromatic rings. The van der Waals surface area contributed by atoms with Crippen LogP contribution in [0.1, 0.15) is 10.6 Å². The molecule has 1 fully saturated rings. The number of piperazine rings is 1. The lowest BCUT2D eigenvalue weighted by Gasteiger charge is -2.31. The van der Waals surface area contributed by atoms with Gasteiger partial charge in [0.2, 0.25) is 0 Å². The summed E-state index contributed by atoms with van der Waals surface area (Å²) >= 11 is 0. The van der Waals surface area contributed by atoms with Crippen molar-refractivity contribution >= 4 is 17.5 Å². The molecule has 1 aromatic heterocycles. The summed E-state index contributed by atoms with van der Waals surface area (Å²) in [5.41, 5.74) is -0.170. The van der Waals surface area contributed by atoms with Gasteiger partial charge in [0.05, 0.1) is 38.1 Å². The van der Waals surface area contributed by atoms with Gasteiger partial charge in [0.1, 0.15) is 11.6 Å². The zero-order chi connectivity index (χ0) is 17.8. The SMILES string of the molecule is O=C(C[NH+]1CCN(C(=O)c2ccco2)CC1)Nc1cc(F)ccc1F. The lowest BCUT2D eigenvalue weighted by atomic mass is 10.2. The van der Waals surface area contributed by atoms with Crippen molar-refractivity contribution in [2.45, 2.75) is 0 Å². The first kappa shape index (κ1) is 17.1. The minimum Gasteiger partial charge on any atom is -0.459 e. The molecule has 0 aliphatic carbocycles. The molecule has 2 heterocycles. The summed E-state index contributed by atoms with van der Waals surface area (Å²) in [6.45, 7) is 2.29. The van der Waals surface area contributed by atoms with Gasteiger partial charge in [-0.25, -0.2) is 8.78 Å². The van der Waals surface area contributed by atoms with Gasteiger partial charge < -0.3 is 19.5 Å². The first-order valence-electron chi connectivity index (χ1n) is 7.94. The second-order valence-electron chi connectivity index (χ2n) is 5.87. The molecule has 1 aliphatic heterocycles. The Hall–Kier alpha value is -2.74. The maximum Gasteiger partial charge on any atom is 0.289 e. The first-order chi connectivity index (χ1) is 12.0. The molecule has 3 rings (SSSR count). The highest BCUT2D eigenvalue weighted by Crippen LogP contribution is 2.14. The van der Waals surface area contributed by atoms with Crippen molar-refractivity contribution in [1.29, 1.82) is 0 Å². The van der Waals surface area contributed by atoms with E-state index in [1.165, 1.54) is 6.26 Å². The van der Waals surface area contributed by atoms with Crippen LogP contribution >= 0.6 is 0 Å². The Morgan fingerprint density at radius 1 is 1.20 bits per heavy atom. The topological polar surface area (TPSA) is 67.0 Å². The third-order valence-electron chi connectivity index (χ3n) is 4.10. The third-order valence-corrected chi connectivity index (χ3v) is 4.10. The fourth-order valence-corrected chi connectivity index (χ4v) is 2.77. The number of nitrogens with one attached hydrogen (secondary N) is 2. The lowest BCUT2D eigenvalue weighted by molar-refractivity contribution is -0.895. The van der Waals surface area contributed by atoms with Crippen LogP contribution in [0.2, 0.25) is 0 Å². The summed E-state index contributed by atoms with van der Waals surface area (Å²) in [6, 6.07) is 6.18. The van der Waals surface area contributed by atoms with E-state index in [2.05, 4.69) is 5.32 Å². The highest BCUT2D eigenvalue weighted by atomic mass is 19.1. The highest BCUT2D eigenvalue weighted by molar-refractivity contribution is 5.92. The summed E-state index contributed by atoms with van der Waals surface area (Å²) in [6.07, 6.45) is 1.45. The number of furan rings is 1. The van der Waals surface area contributed by atoms with Crippen molar-refractivity contribution in [3.05, 3.63) is 54.0 Å². The van der Waals surface area contributed by atoms with Crippen molar-refractivity contribution in [2.75, 3.05) is 38.0 Å². The normalized spacial score (nSPS) is 15.2. The number of anilines is 1. The standard InChI is InChI=1S/C17H17F2N3O3/c18-12-3-4-13(19)14(10-12)20-16(23)11-21-5-7-22(8-6-21)17(24)15-2-1-9-25-15/h1-4,9-10H,5-8,11H2,(H,20,23)/p+1. The predicted molar refractivity (Wildman–Crippen MR) is 85.2 cm³/mol. The number of quaternary nitrogens is 1. The van der Waals surface area contributed by atoms with Gasteiger partial charge in [0, 0.05) is 6.07 Å². The number of carbonyl (C=O) groups excluding carboxylic acids is 2. The van der Waals surface area contributed by atoms with Crippen molar-refractivity contribution in [3.8, 4) is 0 Å². The minimum absolute atomic E-state index is 0.124. The molecule has 0 spiro atoms. The number of hydrogen-bond donors (Lipinski definition) is 2. The average molecular weight is 350 g/mol. The van der Waals surface area contributed by atoms with Gasteiger partial charge >= 0.3 is 0 Å².